The Morgan fingerprint density at radius 1 is 1.00 bits per heavy atom. The lowest BCUT2D eigenvalue weighted by molar-refractivity contribution is 0.838. The highest BCUT2D eigenvalue weighted by Gasteiger charge is 2.22. The predicted octanol–water partition coefficient (Wildman–Crippen LogP) is 5.89. The molecule has 0 amide bonds. The molecule has 0 aliphatic carbocycles. The first-order chi connectivity index (χ1) is 13.2. The van der Waals surface area contributed by atoms with Gasteiger partial charge in [-0.3, -0.25) is 0 Å². The van der Waals surface area contributed by atoms with Crippen molar-refractivity contribution >= 4 is 35.8 Å². The number of hydrogen-bond donors (Lipinski definition) is 0. The number of rotatable bonds is 4. The van der Waals surface area contributed by atoms with Crippen molar-refractivity contribution in [2.24, 2.45) is 9.98 Å². The van der Waals surface area contributed by atoms with E-state index < -0.39 is 0 Å². The van der Waals surface area contributed by atoms with E-state index in [4.69, 9.17) is 4.99 Å². The lowest BCUT2D eigenvalue weighted by atomic mass is 10.1. The Kier molecular flexibility index (Phi) is 4.52. The number of hydrogen-bond acceptors (Lipinski definition) is 1. The van der Waals surface area contributed by atoms with Crippen molar-refractivity contribution in [3.8, 4) is 11.3 Å². The first-order valence-electron chi connectivity index (χ1n) is 9.12. The molecule has 2 heterocycles. The van der Waals surface area contributed by atoms with Crippen LogP contribution in [0.2, 0.25) is 0 Å². The zero-order valence-corrected chi connectivity index (χ0v) is 15.7. The number of aromatic nitrogens is 1. The van der Waals surface area contributed by atoms with Gasteiger partial charge in [-0.05, 0) is 37.0 Å². The van der Waals surface area contributed by atoms with Crippen LogP contribution in [0, 0.1) is 0 Å². The zero-order chi connectivity index (χ0) is 19.0. The van der Waals surface area contributed by atoms with Crippen LogP contribution in [-0.4, -0.2) is 23.7 Å². The van der Waals surface area contributed by atoms with Crippen molar-refractivity contribution in [3.63, 3.8) is 0 Å². The fourth-order valence-electron chi connectivity index (χ4n) is 3.80. The van der Waals surface area contributed by atoms with E-state index in [0.717, 1.165) is 39.7 Å². The molecule has 2 aromatic carbocycles. The Bertz CT molecular complexity index is 1110. The summed E-state index contributed by atoms with van der Waals surface area (Å²) in [6.45, 7) is 6.14. The quantitative estimate of drug-likeness (QED) is 0.522. The van der Waals surface area contributed by atoms with Gasteiger partial charge in [-0.15, -0.1) is 0 Å². The third kappa shape index (κ3) is 2.83. The van der Waals surface area contributed by atoms with Crippen LogP contribution in [0.4, 0.5) is 10.1 Å². The minimum absolute atomic E-state index is 0.565. The Balaban J connectivity index is 2.01. The molecule has 3 aromatic rings. The van der Waals surface area contributed by atoms with Gasteiger partial charge in [0, 0.05) is 22.2 Å². The largest absolute Gasteiger partial charge is 0.496 e. The molecule has 3 nitrogen and oxygen atoms in total. The number of amidine groups is 1. The first kappa shape index (κ1) is 17.5. The van der Waals surface area contributed by atoms with E-state index in [1.54, 1.807) is 0 Å². The van der Waals surface area contributed by atoms with E-state index in [-0.39, 0.29) is 0 Å². The smallest absolute Gasteiger partial charge is 0.342 e. The Labute approximate surface area is 159 Å². The van der Waals surface area contributed by atoms with E-state index in [2.05, 4.69) is 11.9 Å². The number of nitrogens with zero attached hydrogens (tertiary/aromatic N) is 3. The van der Waals surface area contributed by atoms with Crippen molar-refractivity contribution < 1.29 is 4.32 Å². The zero-order valence-electron chi connectivity index (χ0n) is 15.7. The molecule has 5 heteroatoms. The van der Waals surface area contributed by atoms with Crippen molar-refractivity contribution in [2.75, 3.05) is 0 Å². The van der Waals surface area contributed by atoms with Crippen molar-refractivity contribution in [2.45, 2.75) is 27.2 Å². The van der Waals surface area contributed by atoms with E-state index in [1.165, 1.54) is 10.1 Å². The molecule has 1 aromatic heterocycles. The van der Waals surface area contributed by atoms with Crippen LogP contribution in [0.15, 0.2) is 75.7 Å². The summed E-state index contributed by atoms with van der Waals surface area (Å²) < 4.78 is 15.6. The van der Waals surface area contributed by atoms with Crippen LogP contribution in [0.1, 0.15) is 27.2 Å². The lowest BCUT2D eigenvalue weighted by Crippen LogP contribution is -2.03. The maximum Gasteiger partial charge on any atom is 0.496 e. The average Bonchev–Trinajstić information content (AvgIpc) is 3.16. The van der Waals surface area contributed by atoms with Crippen molar-refractivity contribution in [3.05, 3.63) is 65.7 Å². The van der Waals surface area contributed by atoms with Gasteiger partial charge in [0.25, 0.3) is 0 Å². The first-order valence-corrected chi connectivity index (χ1v) is 9.12. The molecule has 0 bridgehead atoms. The van der Waals surface area contributed by atoms with Gasteiger partial charge in [-0.25, -0.2) is 9.98 Å². The van der Waals surface area contributed by atoms with E-state index in [9.17, 15) is 4.32 Å². The van der Waals surface area contributed by atoms with Crippen LogP contribution in [0.25, 0.3) is 22.0 Å². The Morgan fingerprint density at radius 2 is 1.67 bits per heavy atom. The van der Waals surface area contributed by atoms with Crippen LogP contribution in [0.3, 0.4) is 0 Å². The standard InChI is InChI=1S/C22H20BFN3/c1-4-17-14(2)21(25-15(17)3)26-22-19-13-9-8-12-18(19)20(27(22)23-24)16-10-6-5-7-11-16/h5-13H,4H2,1-3H3/b26-21-. The number of benzene rings is 2. The second kappa shape index (κ2) is 6.99. The normalized spacial score (nSPS) is 15.7. The number of allylic oxidation sites excluding steroid dienone is 1. The molecule has 0 fully saturated rings. The molecule has 0 saturated carbocycles. The Morgan fingerprint density at radius 3 is 2.30 bits per heavy atom. The van der Waals surface area contributed by atoms with E-state index in [1.807, 2.05) is 68.4 Å². The molecule has 4 rings (SSSR count). The van der Waals surface area contributed by atoms with Crippen LogP contribution in [0.5, 0.6) is 0 Å². The van der Waals surface area contributed by atoms with Gasteiger partial charge in [0.15, 0.2) is 5.84 Å². The van der Waals surface area contributed by atoms with Crippen molar-refractivity contribution in [1.29, 1.82) is 0 Å². The van der Waals surface area contributed by atoms with Crippen molar-refractivity contribution in [1.82, 2.24) is 4.48 Å². The Hall–Kier alpha value is -2.95. The average molecular weight is 356 g/mol. The molecule has 27 heavy (non-hydrogen) atoms. The summed E-state index contributed by atoms with van der Waals surface area (Å²) >= 11 is 0. The van der Waals surface area contributed by atoms with E-state index in [0.29, 0.717) is 19.3 Å². The minimum Gasteiger partial charge on any atom is -0.342 e. The van der Waals surface area contributed by atoms with Crippen LogP contribution < -0.4 is 0 Å². The highest BCUT2D eigenvalue weighted by Crippen LogP contribution is 2.39. The van der Waals surface area contributed by atoms with Gasteiger partial charge in [0.05, 0.1) is 0 Å². The number of aliphatic imine (C=N–C) groups is 2. The maximum absolute atomic E-state index is 14.1. The molecule has 1 aliphatic heterocycles. The molecule has 0 saturated heterocycles. The molecule has 0 atom stereocenters. The summed E-state index contributed by atoms with van der Waals surface area (Å²) in [5, 5.41) is 1.87. The third-order valence-corrected chi connectivity index (χ3v) is 5.10. The van der Waals surface area contributed by atoms with E-state index >= 15 is 0 Å². The SMILES string of the molecule is CCC1=C(C)/C(=N/c2c3ccccc3c(-c3ccccc3)n2[B]F)N=C1C. The lowest BCUT2D eigenvalue weighted by Gasteiger charge is -2.07. The summed E-state index contributed by atoms with van der Waals surface area (Å²) in [6.07, 6.45) is 0.909. The van der Waals surface area contributed by atoms with Gasteiger partial charge in [-0.1, -0.05) is 61.5 Å². The van der Waals surface area contributed by atoms with Gasteiger partial charge in [0.2, 0.25) is 0 Å². The predicted molar refractivity (Wildman–Crippen MR) is 113 cm³/mol. The molecule has 1 aliphatic rings. The highest BCUT2D eigenvalue weighted by molar-refractivity contribution is 6.30. The second-order valence-corrected chi connectivity index (χ2v) is 6.64. The topological polar surface area (TPSA) is 29.6 Å². The molecule has 0 N–H and O–H groups in total. The van der Waals surface area contributed by atoms with Crippen LogP contribution >= 0.6 is 0 Å². The summed E-state index contributed by atoms with van der Waals surface area (Å²) in [4.78, 5) is 9.42. The highest BCUT2D eigenvalue weighted by atomic mass is 19.1. The molecule has 0 spiro atoms. The number of fused-ring (bicyclic) bond motifs is 1. The summed E-state index contributed by atoms with van der Waals surface area (Å²) in [5.74, 6) is 1.23. The number of halogens is 1. The fraction of sp³-hybridized carbons (Fsp3) is 0.182. The third-order valence-electron chi connectivity index (χ3n) is 5.10. The molecular formula is C22H20BFN3. The second-order valence-electron chi connectivity index (χ2n) is 6.64. The van der Waals surface area contributed by atoms with Gasteiger partial charge in [-0.2, -0.15) is 0 Å². The summed E-state index contributed by atoms with van der Waals surface area (Å²) in [5.41, 5.74) is 5.00. The molecule has 0 unspecified atom stereocenters. The van der Waals surface area contributed by atoms with Gasteiger partial charge >= 0.3 is 7.69 Å². The summed E-state index contributed by atoms with van der Waals surface area (Å²) in [7, 11) is 0.590. The van der Waals surface area contributed by atoms with Gasteiger partial charge < -0.3 is 8.79 Å². The monoisotopic (exact) mass is 356 g/mol. The summed E-state index contributed by atoms with van der Waals surface area (Å²) in [6, 6.07) is 17.7. The molecular weight excluding hydrogens is 336 g/mol. The van der Waals surface area contributed by atoms with Gasteiger partial charge in [0.1, 0.15) is 5.82 Å². The molecule has 1 radical (unpaired) electrons. The fourth-order valence-corrected chi connectivity index (χ4v) is 3.80. The maximum atomic E-state index is 14.1. The minimum atomic E-state index is 0.565. The van der Waals surface area contributed by atoms with Crippen LogP contribution in [-0.2, 0) is 0 Å². The molecule has 133 valence electrons.